The van der Waals surface area contributed by atoms with E-state index in [1.54, 1.807) is 0 Å². The fraction of sp³-hybridized carbons (Fsp3) is 0.538. The molecule has 0 aliphatic carbocycles. The molecule has 1 aromatic carbocycles. The number of alkyl halides is 4. The van der Waals surface area contributed by atoms with Crippen molar-refractivity contribution in [3.05, 3.63) is 29.8 Å². The maximum atomic E-state index is 12.5. The molecular formula is C13H15BrF3NO. The quantitative estimate of drug-likeness (QED) is 0.763. The highest BCUT2D eigenvalue weighted by atomic mass is 79.9. The third-order valence-electron chi connectivity index (χ3n) is 3.06. The van der Waals surface area contributed by atoms with Crippen LogP contribution in [0.2, 0.25) is 0 Å². The van der Waals surface area contributed by atoms with Gasteiger partial charge in [0.15, 0.2) is 0 Å². The topological polar surface area (TPSA) is 12.5 Å². The molecule has 2 atom stereocenters. The van der Waals surface area contributed by atoms with Crippen molar-refractivity contribution in [3.8, 4) is 0 Å². The zero-order valence-electron chi connectivity index (χ0n) is 10.5. The van der Waals surface area contributed by atoms with Gasteiger partial charge in [-0.3, -0.25) is 0 Å². The van der Waals surface area contributed by atoms with E-state index < -0.39 is 11.7 Å². The maximum Gasteiger partial charge on any atom is 0.416 e. The predicted octanol–water partition coefficient (Wildman–Crippen LogP) is 3.69. The van der Waals surface area contributed by atoms with Crippen LogP contribution in [-0.2, 0) is 10.9 Å². The molecule has 0 radical (unpaired) electrons. The number of hydrogen-bond donors (Lipinski definition) is 0. The molecule has 1 aliphatic heterocycles. The van der Waals surface area contributed by atoms with Crippen molar-refractivity contribution in [3.63, 3.8) is 0 Å². The van der Waals surface area contributed by atoms with Gasteiger partial charge in [-0.05, 0) is 31.2 Å². The van der Waals surface area contributed by atoms with E-state index in [2.05, 4.69) is 20.8 Å². The van der Waals surface area contributed by atoms with E-state index in [0.29, 0.717) is 18.4 Å². The fourth-order valence-corrected chi connectivity index (χ4v) is 2.56. The molecule has 19 heavy (non-hydrogen) atoms. The molecule has 1 fully saturated rings. The van der Waals surface area contributed by atoms with Crippen LogP contribution in [0.4, 0.5) is 18.9 Å². The molecule has 0 aromatic heterocycles. The molecule has 106 valence electrons. The van der Waals surface area contributed by atoms with Crippen molar-refractivity contribution in [1.29, 1.82) is 0 Å². The van der Waals surface area contributed by atoms with Gasteiger partial charge in [-0.25, -0.2) is 0 Å². The van der Waals surface area contributed by atoms with Crippen LogP contribution in [-0.4, -0.2) is 30.6 Å². The van der Waals surface area contributed by atoms with E-state index in [4.69, 9.17) is 4.74 Å². The summed E-state index contributed by atoms with van der Waals surface area (Å²) in [5, 5.41) is 0.717. The molecule has 0 spiro atoms. The van der Waals surface area contributed by atoms with E-state index in [1.165, 1.54) is 12.1 Å². The minimum absolute atomic E-state index is 0.0612. The van der Waals surface area contributed by atoms with Crippen LogP contribution in [0.1, 0.15) is 12.5 Å². The minimum Gasteiger partial charge on any atom is -0.371 e. The summed E-state index contributed by atoms with van der Waals surface area (Å²) < 4.78 is 43.2. The molecule has 2 rings (SSSR count). The van der Waals surface area contributed by atoms with Gasteiger partial charge in [-0.2, -0.15) is 13.2 Å². The average molecular weight is 338 g/mol. The van der Waals surface area contributed by atoms with Crippen LogP contribution < -0.4 is 4.90 Å². The van der Waals surface area contributed by atoms with Gasteiger partial charge in [0.05, 0.1) is 17.8 Å². The number of hydrogen-bond acceptors (Lipinski definition) is 2. The molecule has 0 N–H and O–H groups in total. The lowest BCUT2D eigenvalue weighted by Gasteiger charge is -2.37. The molecule has 0 bridgehead atoms. The van der Waals surface area contributed by atoms with E-state index in [1.807, 2.05) is 6.92 Å². The van der Waals surface area contributed by atoms with Crippen molar-refractivity contribution in [2.45, 2.75) is 25.3 Å². The zero-order chi connectivity index (χ0) is 14.0. The number of ether oxygens (including phenoxy) is 1. The second-order valence-corrected chi connectivity index (χ2v) is 5.32. The SMILES string of the molecule is CC1CN(c2ccc(C(F)(F)F)cc2)CC(CBr)O1. The van der Waals surface area contributed by atoms with Crippen LogP contribution in [0.15, 0.2) is 24.3 Å². The lowest BCUT2D eigenvalue weighted by molar-refractivity contribution is -0.137. The van der Waals surface area contributed by atoms with Crippen LogP contribution in [0.25, 0.3) is 0 Å². The van der Waals surface area contributed by atoms with Gasteiger partial charge in [0.25, 0.3) is 0 Å². The normalized spacial score (nSPS) is 24.6. The largest absolute Gasteiger partial charge is 0.416 e. The van der Waals surface area contributed by atoms with Crippen LogP contribution in [0.3, 0.4) is 0 Å². The number of anilines is 1. The summed E-state index contributed by atoms with van der Waals surface area (Å²) in [6, 6.07) is 5.29. The summed E-state index contributed by atoms with van der Waals surface area (Å²) in [6.07, 6.45) is -4.15. The molecule has 1 aliphatic rings. The summed E-state index contributed by atoms with van der Waals surface area (Å²) in [7, 11) is 0. The summed E-state index contributed by atoms with van der Waals surface area (Å²) in [6.45, 7) is 3.34. The standard InChI is InChI=1S/C13H15BrF3NO/c1-9-7-18(8-12(6-14)19-9)11-4-2-10(3-5-11)13(15,16)17/h2-5,9,12H,6-8H2,1H3. The third kappa shape index (κ3) is 3.63. The number of morpholine rings is 1. The van der Waals surface area contributed by atoms with Crippen molar-refractivity contribution in [1.82, 2.24) is 0 Å². The van der Waals surface area contributed by atoms with Crippen LogP contribution in [0.5, 0.6) is 0 Å². The van der Waals surface area contributed by atoms with Crippen LogP contribution >= 0.6 is 15.9 Å². The molecule has 1 heterocycles. The van der Waals surface area contributed by atoms with Gasteiger partial charge >= 0.3 is 6.18 Å². The Morgan fingerprint density at radius 3 is 2.42 bits per heavy atom. The van der Waals surface area contributed by atoms with Gasteiger partial charge < -0.3 is 9.64 Å². The highest BCUT2D eigenvalue weighted by Crippen LogP contribution is 2.31. The molecule has 0 saturated carbocycles. The van der Waals surface area contributed by atoms with Gasteiger partial charge in [-0.15, -0.1) is 0 Å². The van der Waals surface area contributed by atoms with Gasteiger partial charge in [0, 0.05) is 24.1 Å². The first kappa shape index (κ1) is 14.7. The summed E-state index contributed by atoms with van der Waals surface area (Å²) in [4.78, 5) is 2.06. The second kappa shape index (κ2) is 5.71. The van der Waals surface area contributed by atoms with E-state index >= 15 is 0 Å². The number of nitrogens with zero attached hydrogens (tertiary/aromatic N) is 1. The number of rotatable bonds is 2. The monoisotopic (exact) mass is 337 g/mol. The van der Waals surface area contributed by atoms with E-state index in [9.17, 15) is 13.2 Å². The van der Waals surface area contributed by atoms with Crippen molar-refractivity contribution in [2.75, 3.05) is 23.3 Å². The zero-order valence-corrected chi connectivity index (χ0v) is 12.0. The first-order valence-corrected chi connectivity index (χ1v) is 7.16. The summed E-state index contributed by atoms with van der Waals surface area (Å²) in [5.74, 6) is 0. The molecular weight excluding hydrogens is 323 g/mol. The lowest BCUT2D eigenvalue weighted by atomic mass is 10.1. The van der Waals surface area contributed by atoms with Gasteiger partial charge in [0.1, 0.15) is 0 Å². The Labute approximate surface area is 118 Å². The molecule has 2 nitrogen and oxygen atoms in total. The number of benzene rings is 1. The smallest absolute Gasteiger partial charge is 0.371 e. The Hall–Kier alpha value is -0.750. The number of halogens is 4. The maximum absolute atomic E-state index is 12.5. The minimum atomic E-state index is -4.28. The fourth-order valence-electron chi connectivity index (χ4n) is 2.20. The molecule has 1 saturated heterocycles. The van der Waals surface area contributed by atoms with Crippen molar-refractivity contribution in [2.24, 2.45) is 0 Å². The van der Waals surface area contributed by atoms with Crippen LogP contribution in [0, 0.1) is 0 Å². The molecule has 1 aromatic rings. The summed E-state index contributed by atoms with van der Waals surface area (Å²) in [5.41, 5.74) is 0.184. The Bertz CT molecular complexity index is 421. The van der Waals surface area contributed by atoms with E-state index in [0.717, 1.165) is 17.8 Å². The first-order chi connectivity index (χ1) is 8.90. The third-order valence-corrected chi connectivity index (χ3v) is 3.78. The Kier molecular flexibility index (Phi) is 4.40. The molecule has 0 amide bonds. The van der Waals surface area contributed by atoms with Gasteiger partial charge in [-0.1, -0.05) is 15.9 Å². The Morgan fingerprint density at radius 1 is 1.26 bits per heavy atom. The van der Waals surface area contributed by atoms with Crippen molar-refractivity contribution >= 4 is 21.6 Å². The highest BCUT2D eigenvalue weighted by Gasteiger charge is 2.31. The van der Waals surface area contributed by atoms with Crippen molar-refractivity contribution < 1.29 is 17.9 Å². The Balaban J connectivity index is 2.13. The lowest BCUT2D eigenvalue weighted by Crippen LogP contribution is -2.47. The Morgan fingerprint density at radius 2 is 1.89 bits per heavy atom. The highest BCUT2D eigenvalue weighted by molar-refractivity contribution is 9.09. The predicted molar refractivity (Wildman–Crippen MR) is 71.8 cm³/mol. The second-order valence-electron chi connectivity index (χ2n) is 4.67. The molecule has 2 unspecified atom stereocenters. The summed E-state index contributed by atoms with van der Waals surface area (Å²) >= 11 is 3.38. The first-order valence-electron chi connectivity index (χ1n) is 6.04. The molecule has 6 heteroatoms. The van der Waals surface area contributed by atoms with E-state index in [-0.39, 0.29) is 12.2 Å². The van der Waals surface area contributed by atoms with Gasteiger partial charge in [0.2, 0.25) is 0 Å². The average Bonchev–Trinajstić information content (AvgIpc) is 2.37.